The molecule has 6 aliphatic rings. The van der Waals surface area contributed by atoms with E-state index < -0.39 is 12.0 Å². The van der Waals surface area contributed by atoms with Crippen molar-refractivity contribution >= 4 is 61.1 Å². The molecule has 2 bridgehead atoms. The minimum atomic E-state index is -0.674. The maximum absolute atomic E-state index is 14.8. The van der Waals surface area contributed by atoms with Crippen LogP contribution in [0.3, 0.4) is 0 Å². The number of benzene rings is 3. The molecule has 6 heterocycles. The van der Waals surface area contributed by atoms with Gasteiger partial charge in [0, 0.05) is 79.4 Å². The van der Waals surface area contributed by atoms with Crippen LogP contribution in [0, 0.1) is 31.7 Å². The van der Waals surface area contributed by atoms with Crippen LogP contribution in [0.2, 0.25) is 0 Å². The molecule has 3 N–H and O–H groups in total. The molecule has 5 aliphatic heterocycles. The molecule has 6 unspecified atom stereocenters. The molecule has 4 aromatic rings. The van der Waals surface area contributed by atoms with E-state index >= 15 is 0 Å². The molecule has 2 amide bonds. The van der Waals surface area contributed by atoms with E-state index in [4.69, 9.17) is 35.6 Å². The fourth-order valence-corrected chi connectivity index (χ4v) is 11.6. The molecule has 0 spiro atoms. The number of imide groups is 1. The number of hydrogen-bond acceptors (Lipinski definition) is 14. The van der Waals surface area contributed by atoms with Gasteiger partial charge in [0.2, 0.25) is 0 Å². The Balaban J connectivity index is 0.000000280. The van der Waals surface area contributed by atoms with E-state index in [-0.39, 0.29) is 79.8 Å². The molecule has 0 radical (unpaired) electrons. The van der Waals surface area contributed by atoms with E-state index in [0.717, 1.165) is 98.5 Å². The smallest absolute Gasteiger partial charge is 0.870 e. The van der Waals surface area contributed by atoms with E-state index in [1.54, 1.807) is 24.8 Å². The molecule has 3 aromatic carbocycles. The number of nitrogens with zero attached hydrogens (tertiary/aromatic N) is 7. The standard InChI is InChI=1S/C41H46FN6O2P.C18H25N3O3.K.H2O/c1-4-33-36(42)14-11-29-9-6-10-34(38(29)33)27(3)43-18-35-37(24-51)45-40(46-39(35)47-20-30-12-13-31(21-47)44-30)50-25-41-16-15-32(48(41)19-26(2)17-41)23-49-22-28-7-5-8-28;1-5-12-24-15(6-2)21-17(22)13-8-7-9-14(16(13)18(21)23)19-10-11-20(3)4;;/h1,6,9-11,14,18,22,24,30-32,44H,2,5,7-8,12-13,15-17,19-21,23,25,51H2,3H3;7-9,12,15,19H,2,5-6,10-11H2,1,3-4H3;;1H2/q;-2;+1;/p-1/b35-18+,37-24-,43-27?;;;. The molecule has 1 saturated carbocycles. The molecule has 6 atom stereocenters. The summed E-state index contributed by atoms with van der Waals surface area (Å²) in [4.78, 5) is 48.6. The first-order valence-electron chi connectivity index (χ1n) is 26.4. The fraction of sp³-hybridized carbons (Fsp3) is 0.441. The summed E-state index contributed by atoms with van der Waals surface area (Å²) in [5.41, 5.74) is 5.77. The van der Waals surface area contributed by atoms with E-state index in [1.807, 2.05) is 75.4 Å². The van der Waals surface area contributed by atoms with Gasteiger partial charge in [0.05, 0.1) is 45.3 Å². The van der Waals surface area contributed by atoms with Gasteiger partial charge in [0.15, 0.2) is 0 Å². The Morgan fingerprint density at radius 2 is 1.90 bits per heavy atom. The summed E-state index contributed by atoms with van der Waals surface area (Å²) >= 11 is 0. The maximum atomic E-state index is 14.8. The van der Waals surface area contributed by atoms with Gasteiger partial charge in [0.1, 0.15) is 24.8 Å². The minimum Gasteiger partial charge on any atom is -0.870 e. The predicted molar refractivity (Wildman–Crippen MR) is 301 cm³/mol. The van der Waals surface area contributed by atoms with Gasteiger partial charge in [-0.15, -0.1) is 22.1 Å². The van der Waals surface area contributed by atoms with Crippen LogP contribution in [-0.2, 0) is 9.47 Å². The molecule has 18 heteroatoms. The van der Waals surface area contributed by atoms with Crippen LogP contribution in [0.15, 0.2) is 77.5 Å². The number of likely N-dealkylation sites (N-methyl/N-ethyl adjacent to an activating group) is 1. The number of aliphatic imine (C=N–C) groups is 1. The minimum absolute atomic E-state index is 0. The van der Waals surface area contributed by atoms with Crippen molar-refractivity contribution in [1.82, 2.24) is 30.0 Å². The molecule has 15 nitrogen and oxygen atoms in total. The van der Waals surface area contributed by atoms with E-state index in [2.05, 4.69) is 49.1 Å². The topological polar surface area (TPSA) is 167 Å². The zero-order valence-corrected chi connectivity index (χ0v) is 49.6. The van der Waals surface area contributed by atoms with Crippen molar-refractivity contribution in [2.75, 3.05) is 70.2 Å². The van der Waals surface area contributed by atoms with Crippen molar-refractivity contribution in [3.05, 3.63) is 125 Å². The first kappa shape index (κ1) is 60.2. The van der Waals surface area contributed by atoms with Crippen molar-refractivity contribution in [2.45, 2.75) is 108 Å². The molecule has 10 rings (SSSR count). The molecular weight excluding hydrogens is 1020 g/mol. The summed E-state index contributed by atoms with van der Waals surface area (Å²) in [6.07, 6.45) is 18.8. The van der Waals surface area contributed by atoms with Gasteiger partial charge in [0.25, 0.3) is 11.8 Å². The summed E-state index contributed by atoms with van der Waals surface area (Å²) in [5.74, 6) is 4.20. The van der Waals surface area contributed by atoms with E-state index in [9.17, 15) is 14.0 Å². The fourth-order valence-electron chi connectivity index (χ4n) is 11.3. The molecule has 404 valence electrons. The Hall–Kier alpha value is -4.41. The van der Waals surface area contributed by atoms with Crippen LogP contribution in [0.1, 0.15) is 110 Å². The number of fused-ring (bicyclic) bond motifs is 5. The van der Waals surface area contributed by atoms with Crippen molar-refractivity contribution in [3.8, 4) is 18.4 Å². The van der Waals surface area contributed by atoms with Crippen molar-refractivity contribution < 1.29 is 85.1 Å². The molecule has 1 aliphatic carbocycles. The number of allylic oxidation sites excluding steroid dienone is 1. The van der Waals surface area contributed by atoms with E-state index in [1.165, 1.54) is 28.5 Å². The normalized spacial score (nSPS) is 22.5. The van der Waals surface area contributed by atoms with Crippen LogP contribution in [0.5, 0.6) is 6.01 Å². The average molecular weight is 1090 g/mol. The van der Waals surface area contributed by atoms with Gasteiger partial charge in [-0.2, -0.15) is 16.4 Å². The first-order chi connectivity index (χ1) is 36.3. The van der Waals surface area contributed by atoms with E-state index in [0.29, 0.717) is 84.6 Å². The number of nitrogens with one attached hydrogen (secondary N) is 2. The average Bonchev–Trinajstić information content (AvgIpc) is 4.14. The van der Waals surface area contributed by atoms with Gasteiger partial charge >= 0.3 is 57.4 Å². The monoisotopic (exact) mass is 1090 g/mol. The molecule has 5 fully saturated rings. The van der Waals surface area contributed by atoms with Crippen LogP contribution in [-0.4, -0.2) is 138 Å². The van der Waals surface area contributed by atoms with Crippen LogP contribution >= 0.6 is 9.24 Å². The number of aromatic nitrogens is 2. The Bertz CT molecular complexity index is 3040. The largest absolute Gasteiger partial charge is 1.00 e. The number of piperazine rings is 1. The van der Waals surface area contributed by atoms with Gasteiger partial charge < -0.3 is 47.0 Å². The maximum Gasteiger partial charge on any atom is 1.00 e. The van der Waals surface area contributed by atoms with Crippen LogP contribution in [0.25, 0.3) is 22.8 Å². The summed E-state index contributed by atoms with van der Waals surface area (Å²) in [5, 5.41) is 10.1. The number of anilines is 2. The van der Waals surface area contributed by atoms with Gasteiger partial charge in [-0.1, -0.05) is 55.3 Å². The predicted octanol–water partition coefficient (Wildman–Crippen LogP) is 4.40. The Morgan fingerprint density at radius 3 is 2.58 bits per heavy atom. The third kappa shape index (κ3) is 13.3. The number of amides is 2. The Morgan fingerprint density at radius 1 is 1.13 bits per heavy atom. The van der Waals surface area contributed by atoms with Crippen molar-refractivity contribution in [1.29, 1.82) is 0 Å². The zero-order valence-electron chi connectivity index (χ0n) is 45.3. The Labute approximate surface area is 498 Å². The SMILES string of the molecule is C#Cc1c(F)ccc2cccc(C(C)=N/C=c3/c(N4CC5CCC(C4)N5)nc(OCC45CCC(COC=C6CCC6)N4CC(=C)C5)n/c3=C\P)c12.[CH2-]CC(O[CH-]CC)N1C(=O)c2cccc(NCCN(C)C)c2C1=O.[K+].[OH-]. The molecule has 77 heavy (non-hydrogen) atoms. The summed E-state index contributed by atoms with van der Waals surface area (Å²) in [6, 6.07) is 15.8. The number of carbonyl (C=O) groups is 2. The number of rotatable bonds is 18. The van der Waals surface area contributed by atoms with Crippen molar-refractivity contribution in [2.24, 2.45) is 4.99 Å². The second-order valence-electron chi connectivity index (χ2n) is 20.8. The zero-order chi connectivity index (χ0) is 52.8. The summed E-state index contributed by atoms with van der Waals surface area (Å²) in [7, 11) is 6.66. The molecular formula is C59H72FKN9O6P-2. The second-order valence-corrected chi connectivity index (χ2v) is 21.1. The van der Waals surface area contributed by atoms with Crippen LogP contribution < -0.4 is 82.2 Å². The molecule has 1 aromatic heterocycles. The first-order valence-corrected chi connectivity index (χ1v) is 27.1. The van der Waals surface area contributed by atoms with Gasteiger partial charge in [-0.25, -0.2) is 11.0 Å². The van der Waals surface area contributed by atoms with Crippen molar-refractivity contribution in [3.63, 3.8) is 0 Å². The molecule has 4 saturated heterocycles. The second kappa shape index (κ2) is 27.2. The third-order valence-corrected chi connectivity index (χ3v) is 15.6. The van der Waals surface area contributed by atoms with Gasteiger partial charge in [-0.3, -0.25) is 24.4 Å². The quantitative estimate of drug-likeness (QED) is 0.0211. The number of halogens is 1. The summed E-state index contributed by atoms with van der Waals surface area (Å²) < 4.78 is 33.0. The number of terminal acetylenes is 1. The third-order valence-electron chi connectivity index (χ3n) is 15.3. The van der Waals surface area contributed by atoms with Gasteiger partial charge in [-0.05, 0) is 107 Å². The number of hydrogen-bond donors (Lipinski definition) is 2. The Kier molecular flexibility index (Phi) is 21.2. The summed E-state index contributed by atoms with van der Waals surface area (Å²) in [6.45, 7) is 18.9. The number of ether oxygens (including phenoxy) is 3. The van der Waals surface area contributed by atoms with Crippen LogP contribution in [0.4, 0.5) is 15.9 Å². The number of carbonyl (C=O) groups excluding carboxylic acids is 2.